The van der Waals surface area contributed by atoms with E-state index in [1.807, 2.05) is 17.2 Å². The van der Waals surface area contributed by atoms with Crippen molar-refractivity contribution in [3.05, 3.63) is 30.1 Å². The van der Waals surface area contributed by atoms with Gasteiger partial charge in [0.05, 0.1) is 0 Å². The second-order valence-electron chi connectivity index (χ2n) is 7.18. The Kier molecular flexibility index (Phi) is 5.65. The highest BCUT2D eigenvalue weighted by Crippen LogP contribution is 2.28. The number of carbonyl (C=O) groups is 1. The number of aliphatic hydroxyl groups is 1. The molecule has 0 spiro atoms. The van der Waals surface area contributed by atoms with Crippen molar-refractivity contribution in [1.29, 1.82) is 0 Å². The number of carbonyl (C=O) groups excluding carboxylic acids is 1. The van der Waals surface area contributed by atoms with E-state index in [0.717, 1.165) is 58.0 Å². The second kappa shape index (κ2) is 7.91. The van der Waals surface area contributed by atoms with Crippen molar-refractivity contribution < 1.29 is 9.90 Å². The van der Waals surface area contributed by atoms with Gasteiger partial charge < -0.3 is 10.0 Å². The van der Waals surface area contributed by atoms with Crippen LogP contribution in [0.2, 0.25) is 0 Å². The third-order valence-corrected chi connectivity index (χ3v) is 5.52. The molecule has 126 valence electrons. The second-order valence-corrected chi connectivity index (χ2v) is 7.18. The molecule has 0 radical (unpaired) electrons. The van der Waals surface area contributed by atoms with Crippen LogP contribution in [0.5, 0.6) is 0 Å². The molecule has 2 fully saturated rings. The van der Waals surface area contributed by atoms with Gasteiger partial charge >= 0.3 is 0 Å². The lowest BCUT2D eigenvalue weighted by atomic mass is 9.84. The van der Waals surface area contributed by atoms with Gasteiger partial charge in [-0.25, -0.2) is 0 Å². The van der Waals surface area contributed by atoms with E-state index in [-0.39, 0.29) is 11.8 Å². The quantitative estimate of drug-likeness (QED) is 0.929. The smallest absolute Gasteiger partial charge is 0.251 e. The normalized spacial score (nSPS) is 22.0. The first-order valence-corrected chi connectivity index (χ1v) is 9.10. The largest absolute Gasteiger partial charge is 0.383 e. The van der Waals surface area contributed by atoms with Gasteiger partial charge in [0.2, 0.25) is 0 Å². The number of rotatable bonds is 4. The number of pyridine rings is 1. The van der Waals surface area contributed by atoms with Gasteiger partial charge in [-0.3, -0.25) is 9.78 Å². The van der Waals surface area contributed by atoms with E-state index >= 15 is 0 Å². The fourth-order valence-corrected chi connectivity index (χ4v) is 4.05. The number of piperidine rings is 1. The zero-order valence-electron chi connectivity index (χ0n) is 13.9. The number of nitrogens with zero attached hydrogens (tertiary/aromatic N) is 2. The van der Waals surface area contributed by atoms with Crippen LogP contribution in [0.1, 0.15) is 50.5 Å². The lowest BCUT2D eigenvalue weighted by Gasteiger charge is -2.35. The van der Waals surface area contributed by atoms with Crippen LogP contribution >= 0.6 is 0 Å². The molecule has 0 bridgehead atoms. The number of aromatic nitrogens is 1. The van der Waals surface area contributed by atoms with Gasteiger partial charge in [0, 0.05) is 25.5 Å². The summed E-state index contributed by atoms with van der Waals surface area (Å²) in [5.41, 5.74) is 1.28. The van der Waals surface area contributed by atoms with E-state index in [2.05, 4.69) is 11.1 Å². The van der Waals surface area contributed by atoms with Crippen molar-refractivity contribution in [3.63, 3.8) is 0 Å². The van der Waals surface area contributed by atoms with Gasteiger partial charge in [0.1, 0.15) is 6.10 Å². The van der Waals surface area contributed by atoms with Crippen LogP contribution in [-0.4, -0.2) is 40.1 Å². The van der Waals surface area contributed by atoms with Crippen LogP contribution < -0.4 is 0 Å². The van der Waals surface area contributed by atoms with E-state index < -0.39 is 6.10 Å². The number of hydrogen-bond acceptors (Lipinski definition) is 3. The minimum atomic E-state index is -0.773. The molecular formula is C19H28N2O2. The molecule has 1 aliphatic heterocycles. The predicted molar refractivity (Wildman–Crippen MR) is 89.8 cm³/mol. The molecule has 4 nitrogen and oxygen atoms in total. The minimum absolute atomic E-state index is 0.0308. The van der Waals surface area contributed by atoms with Crippen LogP contribution in [0.4, 0.5) is 0 Å². The van der Waals surface area contributed by atoms with Crippen molar-refractivity contribution in [2.75, 3.05) is 13.1 Å². The zero-order valence-corrected chi connectivity index (χ0v) is 13.9. The highest BCUT2D eigenvalue weighted by atomic mass is 16.3. The first kappa shape index (κ1) is 16.4. The Labute approximate surface area is 138 Å². The molecular weight excluding hydrogens is 288 g/mol. The number of hydrogen-bond donors (Lipinski definition) is 1. The monoisotopic (exact) mass is 316 g/mol. The summed E-state index contributed by atoms with van der Waals surface area (Å²) in [5, 5.41) is 10.4. The maximum absolute atomic E-state index is 12.5. The molecule has 23 heavy (non-hydrogen) atoms. The van der Waals surface area contributed by atoms with E-state index in [1.54, 1.807) is 6.20 Å². The zero-order chi connectivity index (χ0) is 16.1. The van der Waals surface area contributed by atoms with E-state index in [1.165, 1.54) is 12.0 Å². The maximum atomic E-state index is 12.5. The number of aliphatic hydroxyl groups excluding tert-OH is 1. The fourth-order valence-electron chi connectivity index (χ4n) is 4.05. The predicted octanol–water partition coefficient (Wildman–Crippen LogP) is 2.80. The molecule has 4 heteroatoms. The molecule has 3 rings (SSSR count). The molecule has 1 N–H and O–H groups in total. The van der Waals surface area contributed by atoms with Crippen molar-refractivity contribution in [2.24, 2.45) is 11.8 Å². The van der Waals surface area contributed by atoms with Gasteiger partial charge in [0.15, 0.2) is 0 Å². The highest BCUT2D eigenvalue weighted by Gasteiger charge is 2.32. The lowest BCUT2D eigenvalue weighted by molar-refractivity contribution is -0.145. The van der Waals surface area contributed by atoms with Crippen molar-refractivity contribution >= 4 is 5.91 Å². The van der Waals surface area contributed by atoms with E-state index in [4.69, 9.17) is 0 Å². The summed E-state index contributed by atoms with van der Waals surface area (Å²) in [6.07, 6.45) is 11.6. The molecule has 1 aliphatic carbocycles. The standard InChI is InChI=1S/C19H28N2O2/c22-18(17-6-2-1-3-7-17)19(23)21-11-8-15(9-12-21)13-16-5-4-10-20-14-16/h4-5,10,14-15,17-18,22H,1-3,6-9,11-13H2/t18-/m1/s1. The molecule has 1 saturated heterocycles. The van der Waals surface area contributed by atoms with Gasteiger partial charge in [-0.2, -0.15) is 0 Å². The Morgan fingerprint density at radius 2 is 1.96 bits per heavy atom. The summed E-state index contributed by atoms with van der Waals surface area (Å²) in [5.74, 6) is 0.774. The fraction of sp³-hybridized carbons (Fsp3) is 0.684. The van der Waals surface area contributed by atoms with Crippen LogP contribution in [0.15, 0.2) is 24.5 Å². The molecule has 1 aromatic rings. The van der Waals surface area contributed by atoms with Crippen LogP contribution in [0, 0.1) is 11.8 Å². The molecule has 0 unspecified atom stereocenters. The summed E-state index contributed by atoms with van der Waals surface area (Å²) in [6, 6.07) is 4.10. The maximum Gasteiger partial charge on any atom is 0.251 e. The summed E-state index contributed by atoms with van der Waals surface area (Å²) in [4.78, 5) is 18.6. The lowest BCUT2D eigenvalue weighted by Crippen LogP contribution is -2.46. The average molecular weight is 316 g/mol. The van der Waals surface area contributed by atoms with Crippen molar-refractivity contribution in [3.8, 4) is 0 Å². The van der Waals surface area contributed by atoms with Gasteiger partial charge in [-0.1, -0.05) is 25.3 Å². The van der Waals surface area contributed by atoms with Gasteiger partial charge in [0.25, 0.3) is 5.91 Å². The molecule has 1 aromatic heterocycles. The van der Waals surface area contributed by atoms with Crippen LogP contribution in [0.25, 0.3) is 0 Å². The first-order valence-electron chi connectivity index (χ1n) is 9.10. The van der Waals surface area contributed by atoms with Gasteiger partial charge in [-0.15, -0.1) is 0 Å². The third-order valence-electron chi connectivity index (χ3n) is 5.52. The Bertz CT molecular complexity index is 491. The molecule has 2 heterocycles. The Hall–Kier alpha value is -1.42. The minimum Gasteiger partial charge on any atom is -0.383 e. The van der Waals surface area contributed by atoms with Gasteiger partial charge in [-0.05, 0) is 55.6 Å². The van der Waals surface area contributed by atoms with Crippen LogP contribution in [-0.2, 0) is 11.2 Å². The van der Waals surface area contributed by atoms with E-state index in [9.17, 15) is 9.90 Å². The molecule has 0 aromatic carbocycles. The Balaban J connectivity index is 1.47. The average Bonchev–Trinajstić information content (AvgIpc) is 2.63. The summed E-state index contributed by atoms with van der Waals surface area (Å²) in [6.45, 7) is 1.57. The SMILES string of the molecule is O=C([C@H](O)C1CCCCC1)N1CCC(Cc2cccnc2)CC1. The van der Waals surface area contributed by atoms with Crippen molar-refractivity contribution in [2.45, 2.75) is 57.5 Å². The topological polar surface area (TPSA) is 53.4 Å². The molecule has 1 saturated carbocycles. The summed E-state index contributed by atoms with van der Waals surface area (Å²) < 4.78 is 0. The summed E-state index contributed by atoms with van der Waals surface area (Å²) >= 11 is 0. The van der Waals surface area contributed by atoms with Crippen molar-refractivity contribution in [1.82, 2.24) is 9.88 Å². The molecule has 2 aliphatic rings. The highest BCUT2D eigenvalue weighted by molar-refractivity contribution is 5.81. The Morgan fingerprint density at radius 3 is 2.61 bits per heavy atom. The number of amides is 1. The number of likely N-dealkylation sites (tertiary alicyclic amines) is 1. The molecule has 1 amide bonds. The van der Waals surface area contributed by atoms with Crippen LogP contribution in [0.3, 0.4) is 0 Å². The van der Waals surface area contributed by atoms with E-state index in [0.29, 0.717) is 5.92 Å². The Morgan fingerprint density at radius 1 is 1.22 bits per heavy atom. The summed E-state index contributed by atoms with van der Waals surface area (Å²) in [7, 11) is 0. The first-order chi connectivity index (χ1) is 11.2. The molecule has 1 atom stereocenters. The third kappa shape index (κ3) is 4.31.